The van der Waals surface area contributed by atoms with Gasteiger partial charge in [0.05, 0.1) is 11.3 Å². The molecule has 0 spiro atoms. The summed E-state index contributed by atoms with van der Waals surface area (Å²) in [6.07, 6.45) is 2.97. The molecule has 0 saturated heterocycles. The lowest BCUT2D eigenvalue weighted by Gasteiger charge is -2.03. The van der Waals surface area contributed by atoms with Gasteiger partial charge >= 0.3 is 0 Å². The van der Waals surface area contributed by atoms with Crippen molar-refractivity contribution in [1.29, 1.82) is 5.26 Å². The maximum atomic E-state index is 12.0. The fraction of sp³-hybridized carbons (Fsp3) is 0. The van der Waals surface area contributed by atoms with Crippen LogP contribution in [0.4, 0.5) is 5.69 Å². The zero-order valence-electron chi connectivity index (χ0n) is 12.8. The smallest absolute Gasteiger partial charge is 0.248 e. The molecule has 1 N–H and O–H groups in total. The number of hydrogen-bond acceptors (Lipinski definition) is 3. The highest BCUT2D eigenvalue weighted by atomic mass is 16.3. The Morgan fingerprint density at radius 2 is 1.75 bits per heavy atom. The third-order valence-corrected chi connectivity index (χ3v) is 3.39. The first-order valence-corrected chi connectivity index (χ1v) is 7.40. The Kier molecular flexibility index (Phi) is 4.55. The van der Waals surface area contributed by atoms with Crippen LogP contribution in [-0.4, -0.2) is 5.91 Å². The minimum absolute atomic E-state index is 0.324. The Bertz CT molecular complexity index is 918. The number of para-hydroxylation sites is 1. The molecule has 4 heteroatoms. The van der Waals surface area contributed by atoms with Crippen LogP contribution in [0.3, 0.4) is 0 Å². The molecule has 0 aliphatic carbocycles. The minimum Gasteiger partial charge on any atom is -0.457 e. The van der Waals surface area contributed by atoms with Crippen LogP contribution >= 0.6 is 0 Å². The molecule has 1 heterocycles. The number of benzene rings is 2. The van der Waals surface area contributed by atoms with Crippen molar-refractivity contribution < 1.29 is 9.21 Å². The average molecular weight is 314 g/mol. The van der Waals surface area contributed by atoms with Gasteiger partial charge in [0.2, 0.25) is 5.91 Å². The lowest BCUT2D eigenvalue weighted by atomic mass is 10.2. The fourth-order valence-corrected chi connectivity index (χ4v) is 2.22. The topological polar surface area (TPSA) is 66.0 Å². The van der Waals surface area contributed by atoms with Gasteiger partial charge in [-0.3, -0.25) is 4.79 Å². The Labute approximate surface area is 139 Å². The largest absolute Gasteiger partial charge is 0.457 e. The van der Waals surface area contributed by atoms with Crippen molar-refractivity contribution in [3.05, 3.63) is 84.1 Å². The number of carbonyl (C=O) groups excluding carboxylic acids is 1. The molecule has 0 radical (unpaired) electrons. The molecule has 0 aliphatic rings. The number of furan rings is 1. The SMILES string of the molecule is N#Cc1ccccc1NC(=O)/C=C/c1ccc(-c2ccccc2)o1. The molecular formula is C20H14N2O2. The molecule has 3 rings (SSSR count). The van der Waals surface area contributed by atoms with Crippen molar-refractivity contribution in [3.8, 4) is 17.4 Å². The Morgan fingerprint density at radius 1 is 1.00 bits per heavy atom. The van der Waals surface area contributed by atoms with Gasteiger partial charge < -0.3 is 9.73 Å². The molecule has 1 aromatic heterocycles. The van der Waals surface area contributed by atoms with Crippen molar-refractivity contribution in [2.75, 3.05) is 5.32 Å². The molecule has 0 saturated carbocycles. The van der Waals surface area contributed by atoms with Crippen molar-refractivity contribution in [3.63, 3.8) is 0 Å². The summed E-state index contributed by atoms with van der Waals surface area (Å²) in [5, 5.41) is 11.7. The normalized spacial score (nSPS) is 10.5. The van der Waals surface area contributed by atoms with E-state index in [4.69, 9.17) is 9.68 Å². The Balaban J connectivity index is 1.69. The number of anilines is 1. The first-order valence-electron chi connectivity index (χ1n) is 7.40. The molecule has 3 aromatic rings. The summed E-state index contributed by atoms with van der Waals surface area (Å²) in [5.41, 5.74) is 1.88. The van der Waals surface area contributed by atoms with Crippen LogP contribution in [0, 0.1) is 11.3 Å². The van der Waals surface area contributed by atoms with Gasteiger partial charge in [0, 0.05) is 11.6 Å². The summed E-state index contributed by atoms with van der Waals surface area (Å²) in [6.45, 7) is 0. The summed E-state index contributed by atoms with van der Waals surface area (Å²) in [4.78, 5) is 12.0. The number of rotatable bonds is 4. The van der Waals surface area contributed by atoms with Gasteiger partial charge in [-0.05, 0) is 30.3 Å². The van der Waals surface area contributed by atoms with E-state index in [0.29, 0.717) is 17.0 Å². The van der Waals surface area contributed by atoms with E-state index in [1.165, 1.54) is 6.08 Å². The number of nitriles is 1. The number of nitrogens with one attached hydrogen (secondary N) is 1. The second-order valence-corrected chi connectivity index (χ2v) is 5.05. The summed E-state index contributed by atoms with van der Waals surface area (Å²) < 4.78 is 5.70. The van der Waals surface area contributed by atoms with Crippen LogP contribution in [0.2, 0.25) is 0 Å². The predicted molar refractivity (Wildman–Crippen MR) is 93.0 cm³/mol. The lowest BCUT2D eigenvalue weighted by molar-refractivity contribution is -0.111. The van der Waals surface area contributed by atoms with Crippen LogP contribution < -0.4 is 5.32 Å². The second kappa shape index (κ2) is 7.12. The third-order valence-electron chi connectivity index (χ3n) is 3.39. The summed E-state index contributed by atoms with van der Waals surface area (Å²) in [5.74, 6) is 0.999. The summed E-state index contributed by atoms with van der Waals surface area (Å²) >= 11 is 0. The zero-order chi connectivity index (χ0) is 16.8. The monoisotopic (exact) mass is 314 g/mol. The molecule has 0 fully saturated rings. The number of hydrogen-bond donors (Lipinski definition) is 1. The summed E-state index contributed by atoms with van der Waals surface area (Å²) in [7, 11) is 0. The number of nitrogens with zero attached hydrogens (tertiary/aromatic N) is 1. The standard InChI is InChI=1S/C20H14N2O2/c21-14-16-8-4-5-9-18(16)22-20(23)13-11-17-10-12-19(24-17)15-6-2-1-3-7-15/h1-13H,(H,22,23)/b13-11+. The van der Waals surface area contributed by atoms with Crippen LogP contribution in [0.25, 0.3) is 17.4 Å². The lowest BCUT2D eigenvalue weighted by Crippen LogP contribution is -2.08. The average Bonchev–Trinajstić information content (AvgIpc) is 3.10. The first kappa shape index (κ1) is 15.3. The van der Waals surface area contributed by atoms with Gasteiger partial charge in [0.15, 0.2) is 0 Å². The molecule has 1 amide bonds. The van der Waals surface area contributed by atoms with Gasteiger partial charge in [-0.25, -0.2) is 0 Å². The fourth-order valence-electron chi connectivity index (χ4n) is 2.22. The van der Waals surface area contributed by atoms with Gasteiger partial charge in [0.25, 0.3) is 0 Å². The van der Waals surface area contributed by atoms with E-state index in [1.807, 2.05) is 42.5 Å². The minimum atomic E-state index is -0.324. The van der Waals surface area contributed by atoms with E-state index < -0.39 is 0 Å². The highest BCUT2D eigenvalue weighted by molar-refractivity contribution is 6.02. The van der Waals surface area contributed by atoms with Crippen LogP contribution in [0.15, 0.2) is 77.2 Å². The highest BCUT2D eigenvalue weighted by Gasteiger charge is 2.05. The van der Waals surface area contributed by atoms with Crippen molar-refractivity contribution in [2.24, 2.45) is 0 Å². The van der Waals surface area contributed by atoms with Crippen LogP contribution in [0.1, 0.15) is 11.3 Å². The van der Waals surface area contributed by atoms with E-state index in [-0.39, 0.29) is 5.91 Å². The Morgan fingerprint density at radius 3 is 2.54 bits per heavy atom. The molecule has 24 heavy (non-hydrogen) atoms. The molecule has 0 bridgehead atoms. The van der Waals surface area contributed by atoms with E-state index in [1.54, 1.807) is 36.4 Å². The van der Waals surface area contributed by atoms with Gasteiger partial charge in [-0.15, -0.1) is 0 Å². The number of amides is 1. The van der Waals surface area contributed by atoms with Crippen molar-refractivity contribution in [2.45, 2.75) is 0 Å². The highest BCUT2D eigenvalue weighted by Crippen LogP contribution is 2.22. The Hall–Kier alpha value is -3.58. The first-order chi connectivity index (χ1) is 11.8. The van der Waals surface area contributed by atoms with E-state index in [9.17, 15) is 4.79 Å². The van der Waals surface area contributed by atoms with Crippen molar-refractivity contribution in [1.82, 2.24) is 0 Å². The van der Waals surface area contributed by atoms with E-state index >= 15 is 0 Å². The predicted octanol–water partition coefficient (Wildman–Crippen LogP) is 4.47. The molecule has 0 unspecified atom stereocenters. The zero-order valence-corrected chi connectivity index (χ0v) is 12.8. The maximum Gasteiger partial charge on any atom is 0.248 e. The van der Waals surface area contributed by atoms with Crippen LogP contribution in [0.5, 0.6) is 0 Å². The maximum absolute atomic E-state index is 12.0. The van der Waals surface area contributed by atoms with E-state index in [2.05, 4.69) is 5.32 Å². The second-order valence-electron chi connectivity index (χ2n) is 5.05. The molecule has 2 aromatic carbocycles. The molecule has 0 aliphatic heterocycles. The van der Waals surface area contributed by atoms with Gasteiger partial charge in [-0.1, -0.05) is 42.5 Å². The number of carbonyl (C=O) groups is 1. The van der Waals surface area contributed by atoms with Crippen molar-refractivity contribution >= 4 is 17.7 Å². The quantitative estimate of drug-likeness (QED) is 0.722. The van der Waals surface area contributed by atoms with E-state index in [0.717, 1.165) is 11.3 Å². The molecular weight excluding hydrogens is 300 g/mol. The summed E-state index contributed by atoms with van der Waals surface area (Å²) in [6, 6.07) is 22.3. The molecule has 4 nitrogen and oxygen atoms in total. The molecule has 0 atom stereocenters. The van der Waals surface area contributed by atoms with Crippen LogP contribution in [-0.2, 0) is 4.79 Å². The third kappa shape index (κ3) is 3.60. The van der Waals surface area contributed by atoms with Gasteiger partial charge in [-0.2, -0.15) is 5.26 Å². The van der Waals surface area contributed by atoms with Gasteiger partial charge in [0.1, 0.15) is 17.6 Å². The molecule has 116 valence electrons.